The van der Waals surface area contributed by atoms with E-state index < -0.39 is 15.8 Å². The number of unbranched alkanes of at least 4 members (excludes halogenated alkanes) is 2. The zero-order valence-electron chi connectivity index (χ0n) is 20.5. The van der Waals surface area contributed by atoms with Crippen LogP contribution >= 0.6 is 15.8 Å². The Balaban J connectivity index is 1.73. The predicted molar refractivity (Wildman–Crippen MR) is 160 cm³/mol. The third-order valence-electron chi connectivity index (χ3n) is 5.94. The molecule has 0 aliphatic rings. The fourth-order valence-corrected chi connectivity index (χ4v) is 8.18. The first-order valence-electron chi connectivity index (χ1n) is 12.5. The van der Waals surface area contributed by atoms with Gasteiger partial charge in [-0.25, -0.2) is 0 Å². The Kier molecular flexibility index (Phi) is 10.1. The summed E-state index contributed by atoms with van der Waals surface area (Å²) in [5.74, 6) is 5.04. The van der Waals surface area contributed by atoms with Crippen LogP contribution in [-0.2, 0) is 0 Å². The third-order valence-corrected chi connectivity index (χ3v) is 10.4. The molecule has 0 aromatic heterocycles. The molecular weight excluding hydrogens is 458 g/mol. The van der Waals surface area contributed by atoms with Crippen molar-refractivity contribution in [2.75, 3.05) is 0 Å². The van der Waals surface area contributed by atoms with Crippen molar-refractivity contribution < 1.29 is 0 Å². The average molecular weight is 493 g/mol. The maximum absolute atomic E-state index is 2.57. The molecule has 0 amide bonds. The van der Waals surface area contributed by atoms with Gasteiger partial charge in [-0.05, 0) is 61.3 Å². The van der Waals surface area contributed by atoms with Gasteiger partial charge in [0.15, 0.2) is 0 Å². The van der Waals surface area contributed by atoms with Gasteiger partial charge in [0.05, 0.1) is 0 Å². The second-order valence-corrected chi connectivity index (χ2v) is 12.7. The summed E-state index contributed by atoms with van der Waals surface area (Å²) < 4.78 is 0. The molecule has 0 unspecified atom stereocenters. The first kappa shape index (κ1) is 25.3. The van der Waals surface area contributed by atoms with E-state index >= 15 is 0 Å². The van der Waals surface area contributed by atoms with Crippen LogP contribution in [0.3, 0.4) is 0 Å². The lowest BCUT2D eigenvalue weighted by atomic mass is 10.1. The van der Waals surface area contributed by atoms with E-state index in [1.807, 2.05) is 0 Å². The molecule has 0 N–H and O–H groups in total. The smallest absolute Gasteiger partial charge is 0.0157 e. The number of hydrogen-bond donors (Lipinski definition) is 0. The fourth-order valence-electron chi connectivity index (χ4n) is 4.08. The molecule has 0 spiro atoms. The Labute approximate surface area is 214 Å². The van der Waals surface area contributed by atoms with Crippen LogP contribution < -0.4 is 21.2 Å². The van der Waals surface area contributed by atoms with Crippen molar-refractivity contribution in [1.29, 1.82) is 0 Å². The lowest BCUT2D eigenvalue weighted by molar-refractivity contribution is 0.720. The first-order chi connectivity index (χ1) is 17.3. The van der Waals surface area contributed by atoms with Gasteiger partial charge < -0.3 is 0 Å². The summed E-state index contributed by atoms with van der Waals surface area (Å²) in [6.07, 6.45) is 7.29. The van der Waals surface area contributed by atoms with Crippen LogP contribution in [0.2, 0.25) is 0 Å². The summed E-state index contributed by atoms with van der Waals surface area (Å²) in [5.41, 5.74) is 1.46. The zero-order valence-corrected chi connectivity index (χ0v) is 22.3. The van der Waals surface area contributed by atoms with Gasteiger partial charge in [-0.1, -0.05) is 153 Å². The second kappa shape index (κ2) is 13.9. The number of rotatable bonds is 11. The molecule has 0 saturated carbocycles. The number of allylic oxidation sites excluding steroid dienone is 2. The van der Waals surface area contributed by atoms with Gasteiger partial charge in [-0.15, -0.1) is 0 Å². The van der Waals surface area contributed by atoms with Crippen LogP contribution in [0.4, 0.5) is 0 Å². The van der Waals surface area contributed by atoms with E-state index in [9.17, 15) is 0 Å². The largest absolute Gasteiger partial charge is 0.0654 e. The van der Waals surface area contributed by atoms with Gasteiger partial charge >= 0.3 is 0 Å². The van der Waals surface area contributed by atoms with Crippen LogP contribution in [0.15, 0.2) is 145 Å². The summed E-state index contributed by atoms with van der Waals surface area (Å²) in [6.45, 7) is 2.28. The summed E-state index contributed by atoms with van der Waals surface area (Å²) in [4.78, 5) is 0. The van der Waals surface area contributed by atoms with E-state index in [-0.39, 0.29) is 0 Å². The Hall–Kier alpha value is -2.78. The highest BCUT2D eigenvalue weighted by Crippen LogP contribution is 2.40. The minimum absolute atomic E-state index is 0.550. The number of hydrogen-bond acceptors (Lipinski definition) is 0. The van der Waals surface area contributed by atoms with Crippen molar-refractivity contribution in [3.8, 4) is 0 Å². The van der Waals surface area contributed by atoms with Crippen molar-refractivity contribution in [3.63, 3.8) is 0 Å². The quantitative estimate of drug-likeness (QED) is 0.112. The molecule has 0 aliphatic heterocycles. The van der Waals surface area contributed by atoms with Gasteiger partial charge in [0, 0.05) is 0 Å². The van der Waals surface area contributed by atoms with E-state index in [1.54, 1.807) is 0 Å². The van der Waals surface area contributed by atoms with Crippen LogP contribution in [0.25, 0.3) is 0 Å². The molecular formula is C33H34P2. The Morgan fingerprint density at radius 2 is 0.943 bits per heavy atom. The summed E-state index contributed by atoms with van der Waals surface area (Å²) in [7, 11) is -1.11. The highest BCUT2D eigenvalue weighted by molar-refractivity contribution is 7.76. The van der Waals surface area contributed by atoms with Gasteiger partial charge in [0.1, 0.15) is 0 Å². The second-order valence-electron chi connectivity index (χ2n) is 8.56. The topological polar surface area (TPSA) is 0 Å². The molecule has 0 bridgehead atoms. The Bertz CT molecular complexity index is 1100. The van der Waals surface area contributed by atoms with E-state index in [4.69, 9.17) is 0 Å². The first-order valence-corrected chi connectivity index (χ1v) is 15.3. The normalized spacial score (nSPS) is 12.0. The molecule has 2 heteroatoms. The van der Waals surface area contributed by atoms with E-state index in [1.165, 1.54) is 46.1 Å². The molecule has 0 atom stereocenters. The molecule has 4 rings (SSSR count). The predicted octanol–water partition coefficient (Wildman–Crippen LogP) is 8.23. The minimum Gasteiger partial charge on any atom is -0.0654 e. The highest BCUT2D eigenvalue weighted by Gasteiger charge is 2.13. The van der Waals surface area contributed by atoms with Gasteiger partial charge in [-0.3, -0.25) is 0 Å². The van der Waals surface area contributed by atoms with E-state index in [0.29, 0.717) is 0 Å². The molecule has 4 aromatic carbocycles. The maximum atomic E-state index is 2.57. The summed E-state index contributed by atoms with van der Waals surface area (Å²) in [6, 6.07) is 43.9. The average Bonchev–Trinajstić information content (AvgIpc) is 2.93. The molecule has 35 heavy (non-hydrogen) atoms. The van der Waals surface area contributed by atoms with Crippen molar-refractivity contribution in [2.24, 2.45) is 0 Å². The molecule has 0 aliphatic carbocycles. The lowest BCUT2D eigenvalue weighted by Gasteiger charge is -2.18. The fraction of sp³-hybridized carbons (Fsp3) is 0.152. The van der Waals surface area contributed by atoms with Crippen molar-refractivity contribution >= 4 is 37.1 Å². The SMILES string of the molecule is CCCCCC(/C=C\P(c1ccccc1)c1ccccc1)=C\P(c1ccccc1)c1ccccc1. The molecule has 0 fully saturated rings. The van der Waals surface area contributed by atoms with Crippen LogP contribution in [0, 0.1) is 0 Å². The van der Waals surface area contributed by atoms with Gasteiger partial charge in [0.25, 0.3) is 0 Å². The van der Waals surface area contributed by atoms with Crippen LogP contribution in [0.1, 0.15) is 32.6 Å². The van der Waals surface area contributed by atoms with Gasteiger partial charge in [0.2, 0.25) is 0 Å². The Morgan fingerprint density at radius 3 is 1.34 bits per heavy atom. The van der Waals surface area contributed by atoms with Crippen LogP contribution in [0.5, 0.6) is 0 Å². The van der Waals surface area contributed by atoms with Crippen molar-refractivity contribution in [2.45, 2.75) is 32.6 Å². The number of benzene rings is 4. The third kappa shape index (κ3) is 7.60. The van der Waals surface area contributed by atoms with E-state index in [2.05, 4.69) is 146 Å². The van der Waals surface area contributed by atoms with Crippen LogP contribution in [-0.4, -0.2) is 0 Å². The minimum atomic E-state index is -0.556. The summed E-state index contributed by atoms with van der Waals surface area (Å²) in [5, 5.41) is 5.60. The molecule has 0 nitrogen and oxygen atoms in total. The zero-order chi connectivity index (χ0) is 24.1. The molecule has 4 aromatic rings. The van der Waals surface area contributed by atoms with E-state index in [0.717, 1.165) is 6.42 Å². The monoisotopic (exact) mass is 492 g/mol. The maximum Gasteiger partial charge on any atom is -0.0157 e. The molecule has 176 valence electrons. The summed E-state index contributed by atoms with van der Waals surface area (Å²) >= 11 is 0. The molecule has 0 radical (unpaired) electrons. The lowest BCUT2D eigenvalue weighted by Crippen LogP contribution is -2.10. The highest BCUT2D eigenvalue weighted by atomic mass is 31.1. The Morgan fingerprint density at radius 1 is 0.543 bits per heavy atom. The van der Waals surface area contributed by atoms with Gasteiger partial charge in [-0.2, -0.15) is 0 Å². The van der Waals surface area contributed by atoms with Crippen molar-refractivity contribution in [3.05, 3.63) is 145 Å². The standard InChI is InChI=1S/C33H34P2/c1-2-3-8-17-29(28-35(32-22-13-6-14-23-32)33-24-15-7-16-25-33)26-27-34(30-18-9-4-10-19-30)31-20-11-5-12-21-31/h4-7,9-16,18-28H,2-3,8,17H2,1H3/b27-26-,29-28+. The van der Waals surface area contributed by atoms with Crippen molar-refractivity contribution in [1.82, 2.24) is 0 Å². The molecule has 0 saturated heterocycles. The molecule has 0 heterocycles.